The molecule has 0 saturated carbocycles. The van der Waals surface area contributed by atoms with Crippen LogP contribution in [0.4, 0.5) is 0 Å². The molecular weight excluding hydrogens is 220 g/mol. The van der Waals surface area contributed by atoms with Gasteiger partial charge in [0, 0.05) is 35.9 Å². The zero-order chi connectivity index (χ0) is 12.7. The summed E-state index contributed by atoms with van der Waals surface area (Å²) in [6.07, 6.45) is 2.39. The highest BCUT2D eigenvalue weighted by atomic mass is 16.5. The molecule has 0 aromatic carbocycles. The van der Waals surface area contributed by atoms with Gasteiger partial charge in [-0.25, -0.2) is 0 Å². The maximum absolute atomic E-state index is 8.29. The third-order valence-corrected chi connectivity index (χ3v) is 2.43. The number of pyridine rings is 1. The third-order valence-electron chi connectivity index (χ3n) is 2.43. The summed E-state index contributed by atoms with van der Waals surface area (Å²) in [6, 6.07) is 0. The van der Waals surface area contributed by atoms with E-state index in [2.05, 4.69) is 15.0 Å². The van der Waals surface area contributed by atoms with E-state index in [0.29, 0.717) is 19.6 Å². The first kappa shape index (κ1) is 13.3. The van der Waals surface area contributed by atoms with Gasteiger partial charge in [-0.2, -0.15) is 0 Å². The summed E-state index contributed by atoms with van der Waals surface area (Å²) >= 11 is 0. The number of rotatable bonds is 6. The van der Waals surface area contributed by atoms with Crippen LogP contribution in [0.5, 0.6) is 5.75 Å². The lowest BCUT2D eigenvalue weighted by molar-refractivity contribution is 0.183. The Hall–Kier alpha value is -1.78. The number of aromatic nitrogens is 1. The van der Waals surface area contributed by atoms with Crippen molar-refractivity contribution in [1.29, 1.82) is 0 Å². The van der Waals surface area contributed by atoms with Gasteiger partial charge in [0.25, 0.3) is 0 Å². The molecule has 1 aromatic heterocycles. The van der Waals surface area contributed by atoms with Crippen LogP contribution < -0.4 is 4.74 Å². The molecule has 0 fully saturated rings. The summed E-state index contributed by atoms with van der Waals surface area (Å²) in [5.41, 5.74) is 11.1. The zero-order valence-electron chi connectivity index (χ0n) is 10.3. The maximum Gasteiger partial charge on any atom is 0.143 e. The fourth-order valence-corrected chi connectivity index (χ4v) is 1.71. The monoisotopic (exact) mass is 236 g/mol. The third kappa shape index (κ3) is 3.34. The van der Waals surface area contributed by atoms with Gasteiger partial charge in [-0.15, -0.1) is 0 Å². The first-order valence-electron chi connectivity index (χ1n) is 5.25. The molecule has 0 radical (unpaired) electrons. The molecule has 0 amide bonds. The highest BCUT2D eigenvalue weighted by Gasteiger charge is 2.12. The van der Waals surface area contributed by atoms with E-state index in [4.69, 9.17) is 15.0 Å². The van der Waals surface area contributed by atoms with Crippen LogP contribution in [0, 0.1) is 6.92 Å². The van der Waals surface area contributed by atoms with Gasteiger partial charge in [-0.3, -0.25) is 4.98 Å². The van der Waals surface area contributed by atoms with Crippen molar-refractivity contribution < 1.29 is 9.47 Å². The SMILES string of the molecule is COCc1cnc(C)c(OC)c1CCN=[N+]=[N-]. The van der Waals surface area contributed by atoms with E-state index >= 15 is 0 Å². The molecule has 1 heterocycles. The van der Waals surface area contributed by atoms with Crippen molar-refractivity contribution in [3.8, 4) is 5.75 Å². The van der Waals surface area contributed by atoms with Crippen molar-refractivity contribution in [3.63, 3.8) is 0 Å². The molecule has 0 spiro atoms. The number of methoxy groups -OCH3 is 2. The molecule has 6 heteroatoms. The highest BCUT2D eigenvalue weighted by molar-refractivity contribution is 5.42. The van der Waals surface area contributed by atoms with Gasteiger partial charge in [-0.1, -0.05) is 5.11 Å². The molecule has 92 valence electrons. The van der Waals surface area contributed by atoms with Crippen LogP contribution in [0.3, 0.4) is 0 Å². The normalized spacial score (nSPS) is 9.82. The topological polar surface area (TPSA) is 80.1 Å². The van der Waals surface area contributed by atoms with Crippen molar-refractivity contribution in [3.05, 3.63) is 33.5 Å². The number of ether oxygens (including phenoxy) is 2. The van der Waals surface area contributed by atoms with E-state index in [1.54, 1.807) is 20.4 Å². The van der Waals surface area contributed by atoms with E-state index in [0.717, 1.165) is 22.6 Å². The summed E-state index contributed by atoms with van der Waals surface area (Å²) in [5.74, 6) is 0.743. The number of nitrogens with zero attached hydrogens (tertiary/aromatic N) is 4. The van der Waals surface area contributed by atoms with Crippen LogP contribution in [0.15, 0.2) is 11.3 Å². The Balaban J connectivity index is 3.08. The predicted molar refractivity (Wildman–Crippen MR) is 64.0 cm³/mol. The van der Waals surface area contributed by atoms with E-state index in [1.165, 1.54) is 0 Å². The van der Waals surface area contributed by atoms with Crippen molar-refractivity contribution >= 4 is 0 Å². The zero-order valence-corrected chi connectivity index (χ0v) is 10.3. The Morgan fingerprint density at radius 1 is 1.47 bits per heavy atom. The van der Waals surface area contributed by atoms with Crippen LogP contribution in [-0.4, -0.2) is 25.7 Å². The Labute approximate surface area is 100 Å². The lowest BCUT2D eigenvalue weighted by atomic mass is 10.0. The van der Waals surface area contributed by atoms with Gasteiger partial charge in [-0.05, 0) is 18.9 Å². The molecule has 0 bridgehead atoms. The minimum absolute atomic E-state index is 0.396. The lowest BCUT2D eigenvalue weighted by Gasteiger charge is -2.14. The maximum atomic E-state index is 8.29. The Morgan fingerprint density at radius 2 is 2.24 bits per heavy atom. The molecule has 1 rings (SSSR count). The second kappa shape index (κ2) is 6.73. The number of hydrogen-bond acceptors (Lipinski definition) is 4. The summed E-state index contributed by atoms with van der Waals surface area (Å²) in [6.45, 7) is 2.74. The smallest absolute Gasteiger partial charge is 0.143 e. The summed E-state index contributed by atoms with van der Waals surface area (Å²) in [7, 11) is 3.24. The van der Waals surface area contributed by atoms with Crippen LogP contribution in [0.25, 0.3) is 10.4 Å². The van der Waals surface area contributed by atoms with Crippen molar-refractivity contribution in [2.24, 2.45) is 5.11 Å². The minimum Gasteiger partial charge on any atom is -0.495 e. The number of hydrogen-bond donors (Lipinski definition) is 0. The fraction of sp³-hybridized carbons (Fsp3) is 0.545. The highest BCUT2D eigenvalue weighted by Crippen LogP contribution is 2.26. The average Bonchev–Trinajstić information content (AvgIpc) is 2.33. The van der Waals surface area contributed by atoms with E-state index in [-0.39, 0.29) is 0 Å². The first-order chi connectivity index (χ1) is 8.24. The summed E-state index contributed by atoms with van der Waals surface area (Å²) in [4.78, 5) is 6.99. The first-order valence-corrected chi connectivity index (χ1v) is 5.25. The van der Waals surface area contributed by atoms with Gasteiger partial charge in [0.1, 0.15) is 5.75 Å². The molecule has 1 aromatic rings. The van der Waals surface area contributed by atoms with Crippen molar-refractivity contribution in [2.75, 3.05) is 20.8 Å². The molecule has 17 heavy (non-hydrogen) atoms. The molecule has 0 aliphatic rings. The lowest BCUT2D eigenvalue weighted by Crippen LogP contribution is -2.05. The standard InChI is InChI=1S/C11H16N4O2/c1-8-11(17-3)10(4-5-14-15-12)9(6-13-8)7-16-2/h6H,4-5,7H2,1-3H3. The van der Waals surface area contributed by atoms with Gasteiger partial charge in [0.2, 0.25) is 0 Å². The van der Waals surface area contributed by atoms with Crippen LogP contribution >= 0.6 is 0 Å². The Bertz CT molecular complexity index is 428. The van der Waals surface area contributed by atoms with Crippen molar-refractivity contribution in [1.82, 2.24) is 4.98 Å². The van der Waals surface area contributed by atoms with E-state index in [1.807, 2.05) is 6.92 Å². The summed E-state index contributed by atoms with van der Waals surface area (Å²) in [5, 5.41) is 3.54. The largest absolute Gasteiger partial charge is 0.495 e. The number of aryl methyl sites for hydroxylation is 1. The van der Waals surface area contributed by atoms with Gasteiger partial charge in [0.05, 0.1) is 19.4 Å². The Morgan fingerprint density at radius 3 is 2.82 bits per heavy atom. The molecule has 0 N–H and O–H groups in total. The average molecular weight is 236 g/mol. The molecule has 6 nitrogen and oxygen atoms in total. The van der Waals surface area contributed by atoms with Gasteiger partial charge < -0.3 is 9.47 Å². The van der Waals surface area contributed by atoms with Crippen LogP contribution in [0.2, 0.25) is 0 Å². The van der Waals surface area contributed by atoms with Crippen molar-refractivity contribution in [2.45, 2.75) is 20.0 Å². The molecular formula is C11H16N4O2. The molecule has 0 atom stereocenters. The molecule has 0 unspecified atom stereocenters. The van der Waals surface area contributed by atoms with E-state index in [9.17, 15) is 0 Å². The van der Waals surface area contributed by atoms with Crippen LogP contribution in [-0.2, 0) is 17.8 Å². The molecule has 0 aliphatic heterocycles. The predicted octanol–water partition coefficient (Wildman–Crippen LogP) is 2.40. The molecule has 0 saturated heterocycles. The minimum atomic E-state index is 0.396. The Kier molecular flexibility index (Phi) is 5.26. The van der Waals surface area contributed by atoms with Gasteiger partial charge in [0.15, 0.2) is 0 Å². The molecule has 0 aliphatic carbocycles. The summed E-state index contributed by atoms with van der Waals surface area (Å²) < 4.78 is 10.5. The fourth-order valence-electron chi connectivity index (χ4n) is 1.71. The second-order valence-corrected chi connectivity index (χ2v) is 3.52. The second-order valence-electron chi connectivity index (χ2n) is 3.52. The quantitative estimate of drug-likeness (QED) is 0.432. The van der Waals surface area contributed by atoms with E-state index < -0.39 is 0 Å². The number of azide groups is 1. The van der Waals surface area contributed by atoms with Gasteiger partial charge >= 0.3 is 0 Å². The van der Waals surface area contributed by atoms with Crippen LogP contribution in [0.1, 0.15) is 16.8 Å².